The van der Waals surface area contributed by atoms with Crippen molar-refractivity contribution in [3.8, 4) is 0 Å². The van der Waals surface area contributed by atoms with Crippen molar-refractivity contribution >= 4 is 81.3 Å². The van der Waals surface area contributed by atoms with E-state index in [0.717, 1.165) is 70.4 Å². The first kappa shape index (κ1) is 21.2. The molecular formula is C36H18N4O2. The van der Waals surface area contributed by atoms with Gasteiger partial charge in [-0.05, 0) is 68.7 Å². The number of para-hydroxylation sites is 2. The van der Waals surface area contributed by atoms with Gasteiger partial charge in [0.2, 0.25) is 0 Å². The van der Waals surface area contributed by atoms with Crippen LogP contribution in [-0.4, -0.2) is 20.0 Å². The lowest BCUT2D eigenvalue weighted by Crippen LogP contribution is -2.34. The molecule has 11 rings (SSSR count). The van der Waals surface area contributed by atoms with Gasteiger partial charge in [-0.2, -0.15) is 0 Å². The number of nitrogens with zero attached hydrogens (tertiary/aromatic N) is 4. The van der Waals surface area contributed by atoms with Crippen molar-refractivity contribution in [1.29, 1.82) is 0 Å². The number of pyridine rings is 2. The number of benzene rings is 6. The van der Waals surface area contributed by atoms with Gasteiger partial charge in [0.1, 0.15) is 11.1 Å². The van der Waals surface area contributed by atoms with Crippen LogP contribution in [-0.2, 0) is 0 Å². The van der Waals surface area contributed by atoms with Crippen molar-refractivity contribution in [2.24, 2.45) is 4.99 Å². The zero-order valence-electron chi connectivity index (χ0n) is 22.0. The average Bonchev–Trinajstić information content (AvgIpc) is 3.61. The quantitative estimate of drug-likeness (QED) is 0.171. The minimum absolute atomic E-state index is 0.00190. The van der Waals surface area contributed by atoms with Crippen LogP contribution in [0.15, 0.2) is 112 Å². The SMILES string of the molecule is O=c1c2ccc3c4ccc5c(=O)n6c7ccccc7nc6c6ccc(c7ccc(c8n1C1C=CC=CC1N=8)c2c37)c4c56. The maximum atomic E-state index is 14.0. The third-order valence-electron chi connectivity index (χ3n) is 9.70. The van der Waals surface area contributed by atoms with Crippen LogP contribution in [0.1, 0.15) is 6.04 Å². The van der Waals surface area contributed by atoms with Gasteiger partial charge in [-0.1, -0.05) is 60.7 Å². The van der Waals surface area contributed by atoms with E-state index in [1.807, 2.05) is 53.1 Å². The Morgan fingerprint density at radius 1 is 0.571 bits per heavy atom. The van der Waals surface area contributed by atoms with Gasteiger partial charge in [0.25, 0.3) is 11.1 Å². The highest BCUT2D eigenvalue weighted by Crippen LogP contribution is 2.45. The van der Waals surface area contributed by atoms with Crippen LogP contribution in [0.3, 0.4) is 0 Å². The van der Waals surface area contributed by atoms with Crippen molar-refractivity contribution in [3.05, 3.63) is 123 Å². The molecule has 2 aliphatic rings. The van der Waals surface area contributed by atoms with Gasteiger partial charge in [-0.15, -0.1) is 0 Å². The lowest BCUT2D eigenvalue weighted by atomic mass is 9.86. The molecule has 3 aromatic heterocycles. The molecule has 2 atom stereocenters. The molecule has 6 heteroatoms. The molecule has 0 N–H and O–H groups in total. The van der Waals surface area contributed by atoms with Crippen LogP contribution < -0.4 is 16.6 Å². The number of hydrogen-bond donors (Lipinski definition) is 0. The maximum absolute atomic E-state index is 14.0. The van der Waals surface area contributed by atoms with E-state index in [1.165, 1.54) is 0 Å². The lowest BCUT2D eigenvalue weighted by Gasteiger charge is -2.20. The summed E-state index contributed by atoms with van der Waals surface area (Å²) < 4.78 is 3.61. The number of fused-ring (bicyclic) bond motifs is 10. The fourth-order valence-electron chi connectivity index (χ4n) is 8.00. The number of rotatable bonds is 0. The predicted octanol–water partition coefficient (Wildman–Crippen LogP) is 6.19. The van der Waals surface area contributed by atoms with E-state index in [9.17, 15) is 9.59 Å². The van der Waals surface area contributed by atoms with E-state index < -0.39 is 0 Å². The zero-order chi connectivity index (χ0) is 27.4. The van der Waals surface area contributed by atoms with Crippen molar-refractivity contribution in [3.63, 3.8) is 0 Å². The van der Waals surface area contributed by atoms with Crippen molar-refractivity contribution in [2.75, 3.05) is 0 Å². The second kappa shape index (κ2) is 6.81. The Kier molecular flexibility index (Phi) is 3.43. The Balaban J connectivity index is 1.37. The summed E-state index contributed by atoms with van der Waals surface area (Å²) in [5.41, 5.74) is 3.01. The van der Waals surface area contributed by atoms with Crippen LogP contribution in [0.25, 0.3) is 81.3 Å². The van der Waals surface area contributed by atoms with Gasteiger partial charge in [-0.3, -0.25) is 23.5 Å². The Hall–Kier alpha value is -5.62. The Labute approximate surface area is 235 Å². The minimum Gasteiger partial charge on any atom is -0.283 e. The molecule has 194 valence electrons. The standard InChI is InChI=1S/C36H18N4O2/c41-35-23-15-11-19-20-12-16-24-32-22(34-38-26-6-2-4-8-28(26)40(34)36(24)42)14-10-18(30(20)32)17-9-13-21(31(23)29(17)19)33-37-25-5-1-3-7-27(25)39(33)35/h1-16,25,27H. The molecule has 0 amide bonds. The molecule has 0 spiro atoms. The second-order valence-corrected chi connectivity index (χ2v) is 11.6. The number of aromatic nitrogens is 3. The molecule has 4 heterocycles. The first-order valence-electron chi connectivity index (χ1n) is 14.2. The molecule has 0 radical (unpaired) electrons. The van der Waals surface area contributed by atoms with Crippen molar-refractivity contribution in [2.45, 2.75) is 12.1 Å². The van der Waals surface area contributed by atoms with E-state index in [0.29, 0.717) is 16.4 Å². The number of imidazole rings is 1. The molecule has 0 bridgehead atoms. The first-order chi connectivity index (χ1) is 20.7. The second-order valence-electron chi connectivity index (χ2n) is 11.6. The van der Waals surface area contributed by atoms with Crippen molar-refractivity contribution < 1.29 is 0 Å². The molecule has 0 fully saturated rings. The maximum Gasteiger partial charge on any atom is 0.264 e. The molecular weight excluding hydrogens is 520 g/mol. The summed E-state index contributed by atoms with van der Waals surface area (Å²) in [5, 5.41) is 11.7. The van der Waals surface area contributed by atoms with E-state index >= 15 is 0 Å². The highest BCUT2D eigenvalue weighted by Gasteiger charge is 2.30. The Bertz CT molecular complexity index is 2940. The molecule has 2 unspecified atom stereocenters. The summed E-state index contributed by atoms with van der Waals surface area (Å²) >= 11 is 0. The van der Waals surface area contributed by atoms with Gasteiger partial charge >= 0.3 is 0 Å². The van der Waals surface area contributed by atoms with E-state index in [2.05, 4.69) is 48.6 Å². The monoisotopic (exact) mass is 538 g/mol. The highest BCUT2D eigenvalue weighted by molar-refractivity contribution is 6.40. The fraction of sp³-hybridized carbons (Fsp3) is 0.0556. The largest absolute Gasteiger partial charge is 0.283 e. The van der Waals surface area contributed by atoms with Gasteiger partial charge in [0.15, 0.2) is 0 Å². The van der Waals surface area contributed by atoms with Crippen molar-refractivity contribution in [1.82, 2.24) is 14.0 Å². The Morgan fingerprint density at radius 3 is 1.90 bits per heavy atom. The summed E-state index contributed by atoms with van der Waals surface area (Å²) in [6.45, 7) is 0. The van der Waals surface area contributed by atoms with E-state index in [4.69, 9.17) is 9.98 Å². The molecule has 1 aliphatic carbocycles. The van der Waals surface area contributed by atoms with Gasteiger partial charge in [0, 0.05) is 32.3 Å². The first-order valence-corrected chi connectivity index (χ1v) is 14.2. The third-order valence-corrected chi connectivity index (χ3v) is 9.70. The smallest absolute Gasteiger partial charge is 0.264 e. The molecule has 42 heavy (non-hydrogen) atoms. The normalized spacial score (nSPS) is 18.2. The Morgan fingerprint density at radius 2 is 1.14 bits per heavy atom. The minimum atomic E-state index is -0.0911. The molecule has 6 nitrogen and oxygen atoms in total. The summed E-state index contributed by atoms with van der Waals surface area (Å²) in [7, 11) is 0. The number of hydrogen-bond acceptors (Lipinski definition) is 4. The van der Waals surface area contributed by atoms with Crippen LogP contribution in [0, 0.1) is 0 Å². The van der Waals surface area contributed by atoms with Gasteiger partial charge < -0.3 is 0 Å². The molecule has 0 saturated heterocycles. The lowest BCUT2D eigenvalue weighted by molar-refractivity contribution is 0.577. The van der Waals surface area contributed by atoms with Gasteiger partial charge in [0.05, 0.1) is 23.1 Å². The van der Waals surface area contributed by atoms with Crippen LogP contribution >= 0.6 is 0 Å². The molecule has 1 aliphatic heterocycles. The summed E-state index contributed by atoms with van der Waals surface area (Å²) in [4.78, 5) is 37.9. The van der Waals surface area contributed by atoms with Crippen LogP contribution in [0.5, 0.6) is 0 Å². The zero-order valence-corrected chi connectivity index (χ0v) is 22.0. The summed E-state index contributed by atoms with van der Waals surface area (Å²) in [6.07, 6.45) is 8.14. The molecule has 0 saturated carbocycles. The number of allylic oxidation sites excluding steroid dienone is 2. The fourth-order valence-corrected chi connectivity index (χ4v) is 8.00. The summed E-state index contributed by atoms with van der Waals surface area (Å²) in [5.74, 6) is 0. The molecule has 9 aromatic rings. The van der Waals surface area contributed by atoms with Crippen LogP contribution in [0.2, 0.25) is 0 Å². The molecule has 6 aromatic carbocycles. The van der Waals surface area contributed by atoms with E-state index in [1.54, 1.807) is 4.40 Å². The average molecular weight is 539 g/mol. The van der Waals surface area contributed by atoms with E-state index in [-0.39, 0.29) is 23.2 Å². The highest BCUT2D eigenvalue weighted by atomic mass is 16.1. The van der Waals surface area contributed by atoms with Gasteiger partial charge in [-0.25, -0.2) is 4.98 Å². The summed E-state index contributed by atoms with van der Waals surface area (Å²) in [6, 6.07) is 24.3. The topological polar surface area (TPSA) is 68.7 Å². The predicted molar refractivity (Wildman–Crippen MR) is 168 cm³/mol. The van der Waals surface area contributed by atoms with Crippen LogP contribution in [0.4, 0.5) is 0 Å². The third kappa shape index (κ3) is 2.19.